The van der Waals surface area contributed by atoms with E-state index in [1.54, 1.807) is 0 Å². The molecule has 2 amide bonds. The monoisotopic (exact) mass is 369 g/mol. The molecule has 27 heavy (non-hydrogen) atoms. The summed E-state index contributed by atoms with van der Waals surface area (Å²) in [5, 5.41) is 3.17. The largest absolute Gasteiger partial charge is 0.369 e. The van der Waals surface area contributed by atoms with Gasteiger partial charge in [0.15, 0.2) is 0 Å². The van der Waals surface area contributed by atoms with Crippen molar-refractivity contribution in [2.45, 2.75) is 43.9 Å². The third-order valence-electron chi connectivity index (χ3n) is 7.01. The fraction of sp³-hybridized carbons (Fsp3) is 0.619. The number of ether oxygens (including phenoxy) is 1. The van der Waals surface area contributed by atoms with E-state index in [-0.39, 0.29) is 29.4 Å². The third kappa shape index (κ3) is 2.90. The van der Waals surface area contributed by atoms with Crippen LogP contribution in [0.3, 0.4) is 0 Å². The molecule has 0 saturated carbocycles. The molecular formula is C21H27N3O3. The van der Waals surface area contributed by atoms with Crippen molar-refractivity contribution in [2.75, 3.05) is 19.6 Å². The second-order valence-electron chi connectivity index (χ2n) is 8.54. The second kappa shape index (κ2) is 6.51. The molecule has 144 valence electrons. The molecule has 1 aromatic rings. The summed E-state index contributed by atoms with van der Waals surface area (Å²) < 4.78 is 8.32. The smallest absolute Gasteiger partial charge is 0.242 e. The number of likely N-dealkylation sites (tertiary alicyclic amines) is 1. The lowest BCUT2D eigenvalue weighted by molar-refractivity contribution is -0.132. The van der Waals surface area contributed by atoms with Crippen LogP contribution in [-0.4, -0.2) is 52.6 Å². The van der Waals surface area contributed by atoms with E-state index in [0.29, 0.717) is 31.5 Å². The van der Waals surface area contributed by atoms with E-state index in [0.717, 1.165) is 32.2 Å². The fourth-order valence-electron chi connectivity index (χ4n) is 5.58. The van der Waals surface area contributed by atoms with Crippen LogP contribution in [0.4, 0.5) is 0 Å². The highest BCUT2D eigenvalue weighted by Crippen LogP contribution is 2.54. The summed E-state index contributed by atoms with van der Waals surface area (Å²) in [5.41, 5.74) is -0.179. The van der Waals surface area contributed by atoms with Gasteiger partial charge in [-0.3, -0.25) is 9.59 Å². The van der Waals surface area contributed by atoms with Gasteiger partial charge in [0, 0.05) is 43.2 Å². The quantitative estimate of drug-likeness (QED) is 0.802. The van der Waals surface area contributed by atoms with Crippen LogP contribution >= 0.6 is 0 Å². The maximum absolute atomic E-state index is 12.7. The normalized spacial score (nSPS) is 34.4. The van der Waals surface area contributed by atoms with E-state index in [2.05, 4.69) is 17.5 Å². The van der Waals surface area contributed by atoms with Crippen LogP contribution in [0, 0.1) is 17.8 Å². The highest BCUT2D eigenvalue weighted by Gasteiger charge is 2.63. The first-order chi connectivity index (χ1) is 13.1. The molecule has 0 unspecified atom stereocenters. The number of carbonyl (C=O) groups is 2. The van der Waals surface area contributed by atoms with Crippen molar-refractivity contribution in [3.8, 4) is 0 Å². The zero-order valence-corrected chi connectivity index (χ0v) is 15.5. The molecule has 1 aliphatic carbocycles. The fourth-order valence-corrected chi connectivity index (χ4v) is 5.58. The Bertz CT molecular complexity index is 751. The number of rotatable bonds is 5. The molecule has 6 nitrogen and oxygen atoms in total. The predicted molar refractivity (Wildman–Crippen MR) is 99.7 cm³/mol. The van der Waals surface area contributed by atoms with Crippen LogP contribution in [0.5, 0.6) is 0 Å². The number of hydrogen-bond acceptors (Lipinski definition) is 3. The number of nitrogens with zero attached hydrogens (tertiary/aromatic N) is 2. The molecular weight excluding hydrogens is 342 g/mol. The van der Waals surface area contributed by atoms with Gasteiger partial charge in [-0.05, 0) is 37.8 Å². The Kier molecular flexibility index (Phi) is 4.11. The van der Waals surface area contributed by atoms with Crippen molar-refractivity contribution in [2.24, 2.45) is 17.8 Å². The molecule has 4 aliphatic rings. The van der Waals surface area contributed by atoms with Crippen LogP contribution in [0.25, 0.3) is 0 Å². The molecule has 1 N–H and O–H groups in total. The number of nitrogens with one attached hydrogen (secondary N) is 1. The minimum Gasteiger partial charge on any atom is -0.369 e. The van der Waals surface area contributed by atoms with Gasteiger partial charge >= 0.3 is 0 Å². The van der Waals surface area contributed by atoms with Gasteiger partial charge in [0.05, 0.1) is 18.2 Å². The van der Waals surface area contributed by atoms with Gasteiger partial charge in [-0.1, -0.05) is 12.2 Å². The van der Waals surface area contributed by atoms with E-state index in [4.69, 9.17) is 4.74 Å². The number of carbonyl (C=O) groups excluding carboxylic acids is 2. The molecule has 6 heteroatoms. The topological polar surface area (TPSA) is 63.6 Å². The first-order valence-corrected chi connectivity index (χ1v) is 10.1. The minimum atomic E-state index is -0.179. The Labute approximate surface area is 159 Å². The Morgan fingerprint density at radius 2 is 1.96 bits per heavy atom. The van der Waals surface area contributed by atoms with Crippen molar-refractivity contribution >= 4 is 11.8 Å². The lowest BCUT2D eigenvalue weighted by atomic mass is 9.73. The molecule has 0 radical (unpaired) electrons. The molecule has 3 aliphatic heterocycles. The van der Waals surface area contributed by atoms with E-state index in [1.807, 2.05) is 34.0 Å². The summed E-state index contributed by atoms with van der Waals surface area (Å²) in [6.07, 6.45) is 12.0. The van der Waals surface area contributed by atoms with Crippen molar-refractivity contribution in [1.29, 1.82) is 0 Å². The highest BCUT2D eigenvalue weighted by molar-refractivity contribution is 5.79. The first kappa shape index (κ1) is 17.0. The van der Waals surface area contributed by atoms with Gasteiger partial charge in [0.1, 0.15) is 6.54 Å². The van der Waals surface area contributed by atoms with Crippen molar-refractivity contribution in [1.82, 2.24) is 14.8 Å². The summed E-state index contributed by atoms with van der Waals surface area (Å²) in [6, 6.07) is 3.88. The molecule has 4 heterocycles. The van der Waals surface area contributed by atoms with Gasteiger partial charge in [-0.25, -0.2) is 0 Å². The Hall–Kier alpha value is -2.08. The lowest BCUT2D eigenvalue weighted by Crippen LogP contribution is -2.43. The second-order valence-corrected chi connectivity index (χ2v) is 8.54. The first-order valence-electron chi connectivity index (χ1n) is 10.1. The molecule has 1 spiro atoms. The third-order valence-corrected chi connectivity index (χ3v) is 7.01. The number of fused-ring (bicyclic) bond motifs is 1. The summed E-state index contributed by atoms with van der Waals surface area (Å²) >= 11 is 0. The molecule has 5 rings (SSSR count). The molecule has 0 aromatic carbocycles. The van der Waals surface area contributed by atoms with Crippen LogP contribution in [0.2, 0.25) is 0 Å². The van der Waals surface area contributed by atoms with Gasteiger partial charge in [-0.2, -0.15) is 0 Å². The van der Waals surface area contributed by atoms with Crippen LogP contribution in [-0.2, 0) is 20.9 Å². The SMILES string of the molecule is O=C(NC[C@H]1[C@H]2CN(C(=O)Cn3cccc3)C[C@]23CC[C@H]1O3)C1CC=CC1. The lowest BCUT2D eigenvalue weighted by Gasteiger charge is -2.29. The highest BCUT2D eigenvalue weighted by atomic mass is 16.5. The number of amides is 2. The van der Waals surface area contributed by atoms with E-state index in [1.165, 1.54) is 0 Å². The zero-order chi connectivity index (χ0) is 18.4. The van der Waals surface area contributed by atoms with Crippen LogP contribution in [0.1, 0.15) is 25.7 Å². The average Bonchev–Trinajstić information content (AvgIpc) is 3.46. The Balaban J connectivity index is 1.22. The van der Waals surface area contributed by atoms with Crippen molar-refractivity contribution < 1.29 is 14.3 Å². The van der Waals surface area contributed by atoms with Crippen molar-refractivity contribution in [3.05, 3.63) is 36.7 Å². The van der Waals surface area contributed by atoms with Gasteiger partial charge < -0.3 is 19.5 Å². The Morgan fingerprint density at radius 3 is 2.74 bits per heavy atom. The zero-order valence-electron chi connectivity index (χ0n) is 15.5. The van der Waals surface area contributed by atoms with E-state index >= 15 is 0 Å². The summed E-state index contributed by atoms with van der Waals surface area (Å²) in [5.74, 6) is 1.08. The number of allylic oxidation sites excluding steroid dienone is 2. The predicted octanol–water partition coefficient (Wildman–Crippen LogP) is 1.58. The molecule has 1 aromatic heterocycles. The summed E-state index contributed by atoms with van der Waals surface area (Å²) in [7, 11) is 0. The van der Waals surface area contributed by atoms with Gasteiger partial charge in [-0.15, -0.1) is 0 Å². The van der Waals surface area contributed by atoms with Crippen molar-refractivity contribution in [3.63, 3.8) is 0 Å². The van der Waals surface area contributed by atoms with E-state index < -0.39 is 0 Å². The minimum absolute atomic E-state index is 0.0988. The summed E-state index contributed by atoms with van der Waals surface area (Å²) in [4.78, 5) is 27.1. The van der Waals surface area contributed by atoms with E-state index in [9.17, 15) is 9.59 Å². The maximum Gasteiger partial charge on any atom is 0.242 e. The molecule has 3 saturated heterocycles. The van der Waals surface area contributed by atoms with Crippen LogP contribution in [0.15, 0.2) is 36.7 Å². The average molecular weight is 369 g/mol. The Morgan fingerprint density at radius 1 is 1.19 bits per heavy atom. The molecule has 3 fully saturated rings. The number of hydrogen-bond donors (Lipinski definition) is 1. The van der Waals surface area contributed by atoms with Gasteiger partial charge in [0.25, 0.3) is 0 Å². The summed E-state index contributed by atoms with van der Waals surface area (Å²) in [6.45, 7) is 2.51. The molecule has 4 atom stereocenters. The standard InChI is InChI=1S/C21H27N3O3/c25-19(13-23-9-3-4-10-23)24-12-17-16(18-7-8-21(17,14-24)27-18)11-22-20(26)15-5-1-2-6-15/h1-4,9-10,15-18H,5-8,11-14H2,(H,22,26)/t16-,17+,18+,21+/m0/s1. The maximum atomic E-state index is 12.7. The molecule has 2 bridgehead atoms. The van der Waals surface area contributed by atoms with Gasteiger partial charge in [0.2, 0.25) is 11.8 Å². The van der Waals surface area contributed by atoms with Crippen LogP contribution < -0.4 is 5.32 Å². The number of aromatic nitrogens is 1.